The van der Waals surface area contributed by atoms with Gasteiger partial charge in [-0.3, -0.25) is 0 Å². The molecule has 4 rings (SSSR count). The summed E-state index contributed by atoms with van der Waals surface area (Å²) in [6.07, 6.45) is 0. The summed E-state index contributed by atoms with van der Waals surface area (Å²) in [5, 5.41) is 5.73. The zero-order valence-corrected chi connectivity index (χ0v) is 28.0. The number of rotatable bonds is 0. The first-order chi connectivity index (χ1) is 15.7. The Kier molecular flexibility index (Phi) is 10.5. The van der Waals surface area contributed by atoms with Gasteiger partial charge in [-0.2, -0.15) is 12.1 Å². The molecule has 0 aliphatic rings. The van der Waals surface area contributed by atoms with E-state index >= 15 is 0 Å². The van der Waals surface area contributed by atoms with Crippen molar-refractivity contribution in [2.24, 2.45) is 0 Å². The van der Waals surface area contributed by atoms with Gasteiger partial charge in [0.2, 0.25) is 0 Å². The zero-order chi connectivity index (χ0) is 26.1. The van der Waals surface area contributed by atoms with Gasteiger partial charge in [0, 0.05) is 0 Å². The van der Waals surface area contributed by atoms with E-state index in [-0.39, 0.29) is 5.43 Å². The van der Waals surface area contributed by atoms with Crippen LogP contribution in [0.4, 0.5) is 0 Å². The van der Waals surface area contributed by atoms with Crippen LogP contribution in [0.2, 0.25) is 13.1 Å². The van der Waals surface area contributed by atoms with E-state index in [1.54, 1.807) is 0 Å². The molecule has 0 heterocycles. The van der Waals surface area contributed by atoms with E-state index in [4.69, 9.17) is 17.0 Å². The fourth-order valence-corrected chi connectivity index (χ4v) is 4.48. The van der Waals surface area contributed by atoms with E-state index < -0.39 is 18.0 Å². The monoisotopic (exact) mass is 588 g/mol. The number of hydrogen-bond donors (Lipinski definition) is 0. The van der Waals surface area contributed by atoms with Gasteiger partial charge >= 0.3 is 53.5 Å². The second-order valence-corrected chi connectivity index (χ2v) is 33.0. The molecule has 0 saturated heterocycles. The topological polar surface area (TPSA) is 0 Å². The van der Waals surface area contributed by atoms with Crippen LogP contribution in [-0.4, -0.2) is 5.43 Å². The molecule has 0 nitrogen and oxygen atoms in total. The summed E-state index contributed by atoms with van der Waals surface area (Å²) in [4.78, 5) is 0. The Bertz CT molecular complexity index is 1180. The van der Waals surface area contributed by atoms with Crippen LogP contribution in [0, 0.1) is 69.2 Å². The van der Waals surface area contributed by atoms with E-state index in [0.29, 0.717) is 0 Å². The maximum Gasteiger partial charge on any atom is -0.0408 e. The summed E-state index contributed by atoms with van der Waals surface area (Å²) >= 11 is -1.65. The van der Waals surface area contributed by atoms with Gasteiger partial charge in [0.1, 0.15) is 0 Å². The summed E-state index contributed by atoms with van der Waals surface area (Å²) < 4.78 is 0. The summed E-state index contributed by atoms with van der Waals surface area (Å²) in [6, 6.07) is 9.18. The van der Waals surface area contributed by atoms with Crippen LogP contribution in [0.25, 0.3) is 21.5 Å². The maximum atomic E-state index is 5.62. The molecule has 0 bridgehead atoms. The van der Waals surface area contributed by atoms with Crippen LogP contribution in [0.1, 0.15) is 55.6 Å². The van der Waals surface area contributed by atoms with Crippen molar-refractivity contribution < 1.29 is 18.0 Å². The SMILES string of the molecule is C[Si](C)=[Zr]([Cl])[Cl].Cc1cc2c(C)c(C)c(C)c(C)c2[cH-]1.Cc1cc2c(C)c(C)c(C)c(C)c2[cH-]1. The Labute approximate surface area is 222 Å². The molecule has 0 unspecified atom stereocenters. The molecule has 0 saturated carbocycles. The molecule has 0 aromatic heterocycles. The first kappa shape index (κ1) is 29.6. The minimum atomic E-state index is -1.65. The third-order valence-electron chi connectivity index (χ3n) is 7.44. The van der Waals surface area contributed by atoms with Gasteiger partial charge in [-0.15, -0.1) is 55.9 Å². The van der Waals surface area contributed by atoms with Crippen molar-refractivity contribution in [2.75, 3.05) is 0 Å². The minimum absolute atomic E-state index is 0.224. The van der Waals surface area contributed by atoms with Crippen molar-refractivity contribution >= 4 is 44.0 Å². The Hall–Kier alpha value is -0.660. The first-order valence-corrected chi connectivity index (χ1v) is 24.5. The molecule has 184 valence electrons. The van der Waals surface area contributed by atoms with Gasteiger partial charge in [-0.1, -0.05) is 61.1 Å². The number of hydrogen-bond acceptors (Lipinski definition) is 0. The molecule has 0 spiro atoms. The van der Waals surface area contributed by atoms with E-state index in [1.807, 2.05) is 0 Å². The summed E-state index contributed by atoms with van der Waals surface area (Å²) in [5.41, 5.74) is 14.1. The zero-order valence-electron chi connectivity index (χ0n) is 23.1. The quantitative estimate of drug-likeness (QED) is 0.141. The molecule has 0 aliphatic carbocycles. The molecule has 0 atom stereocenters. The van der Waals surface area contributed by atoms with Crippen molar-refractivity contribution in [1.82, 2.24) is 0 Å². The molecule has 4 heteroatoms. The van der Waals surface area contributed by atoms with Crippen molar-refractivity contribution in [1.29, 1.82) is 0 Å². The second-order valence-electron chi connectivity index (χ2n) is 9.98. The maximum absolute atomic E-state index is 5.62. The molecular formula is C30H40Cl2SiZr-2. The van der Waals surface area contributed by atoms with Crippen LogP contribution in [0.3, 0.4) is 0 Å². The number of benzene rings is 2. The van der Waals surface area contributed by atoms with Crippen molar-refractivity contribution in [2.45, 2.75) is 82.3 Å². The number of fused-ring (bicyclic) bond motifs is 2. The Morgan fingerprint density at radius 3 is 1.06 bits per heavy atom. The van der Waals surface area contributed by atoms with Gasteiger partial charge < -0.3 is 0 Å². The Morgan fingerprint density at radius 2 is 0.794 bits per heavy atom. The molecule has 34 heavy (non-hydrogen) atoms. The van der Waals surface area contributed by atoms with Gasteiger partial charge in [-0.25, -0.2) is 0 Å². The molecule has 0 aliphatic heterocycles. The van der Waals surface area contributed by atoms with Gasteiger partial charge in [0.25, 0.3) is 0 Å². The van der Waals surface area contributed by atoms with Crippen LogP contribution in [0.5, 0.6) is 0 Å². The van der Waals surface area contributed by atoms with Gasteiger partial charge in [0.15, 0.2) is 0 Å². The molecule has 0 amide bonds. The van der Waals surface area contributed by atoms with E-state index in [1.165, 1.54) is 77.2 Å². The second kappa shape index (κ2) is 12.1. The summed E-state index contributed by atoms with van der Waals surface area (Å²) in [7, 11) is 11.2. The first-order valence-electron chi connectivity index (χ1n) is 11.9. The largest absolute Gasteiger partial charge is 0.165 e. The van der Waals surface area contributed by atoms with Gasteiger partial charge in [0.05, 0.1) is 0 Å². The van der Waals surface area contributed by atoms with Crippen molar-refractivity contribution in [3.8, 4) is 0 Å². The molecule has 0 N–H and O–H groups in total. The molecule has 4 aromatic rings. The van der Waals surface area contributed by atoms with Crippen molar-refractivity contribution in [3.05, 3.63) is 79.9 Å². The third kappa shape index (κ3) is 6.36. The number of aryl methyl sites for hydroxylation is 6. The standard InChI is InChI=1S/2C14H17.C2H6Si.2ClH.Zr/c2*1-8-6-13-11(4)9(2)10(3)12(5)14(13)7-8;1-3-2;;;/h2*6-7H,1-5H3;1-2H3;2*1H;/q2*-1;;;;+2/p-2. The van der Waals surface area contributed by atoms with Crippen LogP contribution in [0.15, 0.2) is 24.3 Å². The Balaban J connectivity index is 0.000000196. The molecule has 4 aromatic carbocycles. The third-order valence-corrected chi connectivity index (χ3v) is 27.2. The van der Waals surface area contributed by atoms with Crippen molar-refractivity contribution in [3.63, 3.8) is 0 Å². The van der Waals surface area contributed by atoms with Crippen LogP contribution >= 0.6 is 17.0 Å². The van der Waals surface area contributed by atoms with E-state index in [2.05, 4.69) is 107 Å². The predicted octanol–water partition coefficient (Wildman–Crippen LogP) is 10.4. The Morgan fingerprint density at radius 1 is 0.529 bits per heavy atom. The van der Waals surface area contributed by atoms with E-state index in [0.717, 1.165) is 0 Å². The minimum Gasteiger partial charge on any atom is -0.165 e. The van der Waals surface area contributed by atoms with Crippen LogP contribution < -0.4 is 0 Å². The fourth-order valence-electron chi connectivity index (χ4n) is 4.48. The predicted molar refractivity (Wildman–Crippen MR) is 156 cm³/mol. The van der Waals surface area contributed by atoms with Gasteiger partial charge in [-0.05, 0) is 41.5 Å². The van der Waals surface area contributed by atoms with E-state index in [9.17, 15) is 0 Å². The van der Waals surface area contributed by atoms with Crippen LogP contribution in [-0.2, 0) is 18.0 Å². The smallest absolute Gasteiger partial charge is 0.0408 e. The normalized spacial score (nSPS) is 10.6. The average Bonchev–Trinajstić information content (AvgIpc) is 3.37. The summed E-state index contributed by atoms with van der Waals surface area (Å²) in [6.45, 7) is 26.5. The molecular weight excluding hydrogens is 551 g/mol. The molecule has 0 fully saturated rings. The fraction of sp³-hybridized carbons (Fsp3) is 0.400. The summed E-state index contributed by atoms with van der Waals surface area (Å²) in [5.74, 6) is 0. The average molecular weight is 591 g/mol. The number of halogens is 2. The molecule has 0 radical (unpaired) electrons.